The highest BCUT2D eigenvalue weighted by Gasteiger charge is 2.14. The zero-order valence-electron chi connectivity index (χ0n) is 15.1. The number of Topliss-reactive ketones (excluding diaryl/α,β-unsaturated/α-hetero) is 1. The summed E-state index contributed by atoms with van der Waals surface area (Å²) < 4.78 is 38.0. The molecule has 0 unspecified atom stereocenters. The summed E-state index contributed by atoms with van der Waals surface area (Å²) in [6, 6.07) is 11.4. The van der Waals surface area contributed by atoms with E-state index in [1.54, 1.807) is 7.11 Å². The van der Waals surface area contributed by atoms with Crippen molar-refractivity contribution in [2.75, 3.05) is 20.3 Å². The van der Waals surface area contributed by atoms with Crippen molar-refractivity contribution < 1.29 is 22.7 Å². The van der Waals surface area contributed by atoms with Gasteiger partial charge >= 0.3 is 0 Å². The van der Waals surface area contributed by atoms with E-state index in [0.717, 1.165) is 5.56 Å². The summed E-state index contributed by atoms with van der Waals surface area (Å²) in [5, 5.41) is 0. The van der Waals surface area contributed by atoms with Gasteiger partial charge in [0.05, 0.1) is 18.6 Å². The zero-order chi connectivity index (χ0) is 19.2. The van der Waals surface area contributed by atoms with Crippen molar-refractivity contribution in [1.82, 2.24) is 4.72 Å². The molecule has 6 nitrogen and oxygen atoms in total. The molecule has 0 fully saturated rings. The van der Waals surface area contributed by atoms with E-state index in [0.29, 0.717) is 30.1 Å². The van der Waals surface area contributed by atoms with Gasteiger partial charge in [-0.25, -0.2) is 13.1 Å². The van der Waals surface area contributed by atoms with E-state index in [4.69, 9.17) is 9.47 Å². The van der Waals surface area contributed by atoms with Crippen LogP contribution >= 0.6 is 0 Å². The molecule has 0 bridgehead atoms. The van der Waals surface area contributed by atoms with Crippen LogP contribution in [-0.2, 0) is 16.4 Å². The SMILES string of the molecule is CCOc1ccc(CCNS(=O)(=O)c2ccc(C(C)=O)cc2)cc1OC. The number of nitrogens with one attached hydrogen (secondary N) is 1. The Kier molecular flexibility index (Phi) is 6.76. The maximum Gasteiger partial charge on any atom is 0.240 e. The number of rotatable bonds is 9. The summed E-state index contributed by atoms with van der Waals surface area (Å²) in [6.45, 7) is 4.11. The number of ketones is 1. The third kappa shape index (κ3) is 5.06. The Bertz CT molecular complexity index is 860. The van der Waals surface area contributed by atoms with Crippen LogP contribution in [0.15, 0.2) is 47.4 Å². The molecule has 2 rings (SSSR count). The Hall–Kier alpha value is -2.38. The van der Waals surface area contributed by atoms with Crippen molar-refractivity contribution in [2.45, 2.75) is 25.2 Å². The van der Waals surface area contributed by atoms with Gasteiger partial charge in [0.2, 0.25) is 10.0 Å². The van der Waals surface area contributed by atoms with Gasteiger partial charge in [0.1, 0.15) is 0 Å². The maximum atomic E-state index is 12.3. The van der Waals surface area contributed by atoms with Gasteiger partial charge in [-0.1, -0.05) is 18.2 Å². The number of benzene rings is 2. The van der Waals surface area contributed by atoms with Crippen molar-refractivity contribution in [1.29, 1.82) is 0 Å². The van der Waals surface area contributed by atoms with E-state index in [1.807, 2.05) is 25.1 Å². The summed E-state index contributed by atoms with van der Waals surface area (Å²) in [6.07, 6.45) is 0.507. The summed E-state index contributed by atoms with van der Waals surface area (Å²) >= 11 is 0. The average Bonchev–Trinajstić information content (AvgIpc) is 2.63. The molecule has 0 spiro atoms. The molecule has 0 aromatic heterocycles. The molecule has 2 aromatic carbocycles. The summed E-state index contributed by atoms with van der Waals surface area (Å²) in [5.41, 5.74) is 1.41. The summed E-state index contributed by atoms with van der Waals surface area (Å²) in [5.74, 6) is 1.17. The first kappa shape index (κ1) is 19.9. The minimum Gasteiger partial charge on any atom is -0.493 e. The Morgan fingerprint density at radius 1 is 1.08 bits per heavy atom. The normalized spacial score (nSPS) is 11.2. The van der Waals surface area contributed by atoms with Gasteiger partial charge in [-0.05, 0) is 50.1 Å². The zero-order valence-corrected chi connectivity index (χ0v) is 15.9. The fraction of sp³-hybridized carbons (Fsp3) is 0.316. The van der Waals surface area contributed by atoms with Crippen molar-refractivity contribution in [3.05, 3.63) is 53.6 Å². The number of carbonyl (C=O) groups excluding carboxylic acids is 1. The quantitative estimate of drug-likeness (QED) is 0.680. The number of ether oxygens (including phenoxy) is 2. The molecular weight excluding hydrogens is 354 g/mol. The minimum absolute atomic E-state index is 0.105. The van der Waals surface area contributed by atoms with Crippen LogP contribution in [0.1, 0.15) is 29.8 Å². The maximum absolute atomic E-state index is 12.3. The second kappa shape index (κ2) is 8.82. The van der Waals surface area contributed by atoms with Crippen LogP contribution in [0.4, 0.5) is 0 Å². The molecule has 140 valence electrons. The van der Waals surface area contributed by atoms with Crippen LogP contribution in [0.5, 0.6) is 11.5 Å². The second-order valence-electron chi connectivity index (χ2n) is 5.65. The van der Waals surface area contributed by atoms with Crippen molar-refractivity contribution >= 4 is 15.8 Å². The van der Waals surface area contributed by atoms with E-state index in [2.05, 4.69) is 4.72 Å². The standard InChI is InChI=1S/C19H23NO5S/c1-4-25-18-10-5-15(13-19(18)24-3)11-12-20-26(22,23)17-8-6-16(7-9-17)14(2)21/h5-10,13,20H,4,11-12H2,1-3H3. The van der Waals surface area contributed by atoms with Crippen LogP contribution in [0, 0.1) is 0 Å². The molecule has 1 N–H and O–H groups in total. The van der Waals surface area contributed by atoms with Crippen molar-refractivity contribution in [3.8, 4) is 11.5 Å². The second-order valence-corrected chi connectivity index (χ2v) is 7.41. The van der Waals surface area contributed by atoms with Gasteiger partial charge in [-0.2, -0.15) is 0 Å². The van der Waals surface area contributed by atoms with Crippen LogP contribution in [-0.4, -0.2) is 34.5 Å². The number of carbonyl (C=O) groups is 1. The molecule has 0 aliphatic heterocycles. The molecule has 7 heteroatoms. The van der Waals surface area contributed by atoms with Crippen LogP contribution in [0.25, 0.3) is 0 Å². The van der Waals surface area contributed by atoms with E-state index in [9.17, 15) is 13.2 Å². The highest BCUT2D eigenvalue weighted by Crippen LogP contribution is 2.28. The predicted octanol–water partition coefficient (Wildman–Crippen LogP) is 2.82. The highest BCUT2D eigenvalue weighted by molar-refractivity contribution is 7.89. The lowest BCUT2D eigenvalue weighted by atomic mass is 10.1. The number of methoxy groups -OCH3 is 1. The fourth-order valence-corrected chi connectivity index (χ4v) is 3.46. The number of hydrogen-bond donors (Lipinski definition) is 1. The summed E-state index contributed by atoms with van der Waals surface area (Å²) in [4.78, 5) is 11.4. The lowest BCUT2D eigenvalue weighted by molar-refractivity contribution is 0.101. The van der Waals surface area contributed by atoms with E-state index >= 15 is 0 Å². The molecule has 0 aliphatic carbocycles. The van der Waals surface area contributed by atoms with Gasteiger partial charge in [0.25, 0.3) is 0 Å². The fourth-order valence-electron chi connectivity index (χ4n) is 2.42. The van der Waals surface area contributed by atoms with Gasteiger partial charge in [0, 0.05) is 12.1 Å². The van der Waals surface area contributed by atoms with Crippen molar-refractivity contribution in [2.24, 2.45) is 0 Å². The molecule has 0 saturated heterocycles. The van der Waals surface area contributed by atoms with Gasteiger partial charge in [0.15, 0.2) is 17.3 Å². The lowest BCUT2D eigenvalue weighted by Crippen LogP contribution is -2.26. The third-order valence-electron chi connectivity index (χ3n) is 3.80. The highest BCUT2D eigenvalue weighted by atomic mass is 32.2. The molecular formula is C19H23NO5S. The first-order valence-corrected chi connectivity index (χ1v) is 9.76. The number of hydrogen-bond acceptors (Lipinski definition) is 5. The molecule has 0 atom stereocenters. The Morgan fingerprint density at radius 3 is 2.35 bits per heavy atom. The van der Waals surface area contributed by atoms with Gasteiger partial charge < -0.3 is 9.47 Å². The molecule has 0 heterocycles. The first-order valence-electron chi connectivity index (χ1n) is 8.27. The predicted molar refractivity (Wildman–Crippen MR) is 99.5 cm³/mol. The third-order valence-corrected chi connectivity index (χ3v) is 5.28. The molecule has 0 amide bonds. The topological polar surface area (TPSA) is 81.7 Å². The van der Waals surface area contributed by atoms with Gasteiger partial charge in [-0.3, -0.25) is 4.79 Å². The Labute approximate surface area is 154 Å². The average molecular weight is 377 g/mol. The monoisotopic (exact) mass is 377 g/mol. The largest absolute Gasteiger partial charge is 0.493 e. The van der Waals surface area contributed by atoms with Crippen LogP contribution < -0.4 is 14.2 Å². The molecule has 26 heavy (non-hydrogen) atoms. The van der Waals surface area contributed by atoms with Crippen LogP contribution in [0.2, 0.25) is 0 Å². The summed E-state index contributed by atoms with van der Waals surface area (Å²) in [7, 11) is -2.06. The Balaban J connectivity index is 2.00. The van der Waals surface area contributed by atoms with E-state index in [-0.39, 0.29) is 17.2 Å². The lowest BCUT2D eigenvalue weighted by Gasteiger charge is -2.11. The minimum atomic E-state index is -3.62. The molecule has 0 aliphatic rings. The first-order chi connectivity index (χ1) is 12.4. The van der Waals surface area contributed by atoms with E-state index < -0.39 is 10.0 Å². The van der Waals surface area contributed by atoms with Crippen LogP contribution in [0.3, 0.4) is 0 Å². The number of sulfonamides is 1. The Morgan fingerprint density at radius 2 is 1.77 bits per heavy atom. The van der Waals surface area contributed by atoms with Gasteiger partial charge in [-0.15, -0.1) is 0 Å². The molecule has 2 aromatic rings. The molecule has 0 saturated carbocycles. The van der Waals surface area contributed by atoms with Crippen molar-refractivity contribution in [3.63, 3.8) is 0 Å². The smallest absolute Gasteiger partial charge is 0.240 e. The van der Waals surface area contributed by atoms with E-state index in [1.165, 1.54) is 31.2 Å². The molecule has 0 radical (unpaired) electrons.